The maximum Gasteiger partial charge on any atom is 0.230 e. The van der Waals surface area contributed by atoms with Gasteiger partial charge in [0.15, 0.2) is 11.0 Å². The minimum absolute atomic E-state index is 0.0838. The minimum atomic E-state index is 0.0838. The van der Waals surface area contributed by atoms with E-state index in [4.69, 9.17) is 11.6 Å². The van der Waals surface area contributed by atoms with E-state index in [2.05, 4.69) is 22.4 Å². The van der Waals surface area contributed by atoms with Crippen LogP contribution in [0.2, 0.25) is 5.02 Å². The molecule has 0 unspecified atom stereocenters. The van der Waals surface area contributed by atoms with Gasteiger partial charge in [0.05, 0.1) is 5.75 Å². The predicted octanol–water partition coefficient (Wildman–Crippen LogP) is 4.94. The summed E-state index contributed by atoms with van der Waals surface area (Å²) >= 11 is 7.54. The van der Waals surface area contributed by atoms with Crippen molar-refractivity contribution in [2.45, 2.75) is 69.6 Å². The highest BCUT2D eigenvalue weighted by molar-refractivity contribution is 7.99. The van der Waals surface area contributed by atoms with Gasteiger partial charge in [0, 0.05) is 23.2 Å². The molecule has 1 aromatic heterocycles. The Bertz CT molecular complexity index is 756. The lowest BCUT2D eigenvalue weighted by Gasteiger charge is -2.20. The molecule has 0 radical (unpaired) electrons. The van der Waals surface area contributed by atoms with Gasteiger partial charge in [-0.25, -0.2) is 0 Å². The van der Waals surface area contributed by atoms with Crippen LogP contribution in [0, 0.1) is 0 Å². The van der Waals surface area contributed by atoms with Crippen molar-refractivity contribution in [3.05, 3.63) is 29.3 Å². The number of hydrogen-bond acceptors (Lipinski definition) is 4. The Morgan fingerprint density at radius 3 is 2.67 bits per heavy atom. The van der Waals surface area contributed by atoms with Crippen molar-refractivity contribution in [3.8, 4) is 11.4 Å². The number of nitrogens with zero attached hydrogens (tertiary/aromatic N) is 3. The van der Waals surface area contributed by atoms with Crippen molar-refractivity contribution in [1.82, 2.24) is 20.1 Å². The van der Waals surface area contributed by atoms with Gasteiger partial charge in [-0.05, 0) is 31.9 Å². The van der Waals surface area contributed by atoms with E-state index >= 15 is 0 Å². The van der Waals surface area contributed by atoms with Gasteiger partial charge >= 0.3 is 0 Å². The summed E-state index contributed by atoms with van der Waals surface area (Å²) < 4.78 is 2.03. The van der Waals surface area contributed by atoms with Gasteiger partial charge in [-0.15, -0.1) is 10.2 Å². The Morgan fingerprint density at radius 1 is 1.22 bits per heavy atom. The van der Waals surface area contributed by atoms with Crippen LogP contribution in [0.5, 0.6) is 0 Å². The quantitative estimate of drug-likeness (QED) is 0.690. The maximum absolute atomic E-state index is 12.4. The fourth-order valence-corrected chi connectivity index (χ4v) is 4.53. The first-order valence-electron chi connectivity index (χ1n) is 9.78. The van der Waals surface area contributed by atoms with Crippen LogP contribution in [-0.4, -0.2) is 32.5 Å². The summed E-state index contributed by atoms with van der Waals surface area (Å²) in [5, 5.41) is 13.3. The summed E-state index contributed by atoms with van der Waals surface area (Å²) in [7, 11) is 0. The Balaban J connectivity index is 1.60. The van der Waals surface area contributed by atoms with Gasteiger partial charge in [-0.3, -0.25) is 4.79 Å². The van der Waals surface area contributed by atoms with E-state index < -0.39 is 0 Å². The average Bonchev–Trinajstić information content (AvgIpc) is 3.05. The molecule has 5 nitrogen and oxygen atoms in total. The third-order valence-electron chi connectivity index (χ3n) is 4.92. The second-order valence-corrected chi connectivity index (χ2v) is 8.34. The third kappa shape index (κ3) is 5.72. The number of rotatable bonds is 6. The van der Waals surface area contributed by atoms with E-state index in [1.54, 1.807) is 0 Å². The number of benzene rings is 1. The van der Waals surface area contributed by atoms with Gasteiger partial charge in [-0.1, -0.05) is 67.6 Å². The number of carbonyl (C=O) groups excluding carboxylic acids is 1. The van der Waals surface area contributed by atoms with Gasteiger partial charge in [0.2, 0.25) is 5.91 Å². The van der Waals surface area contributed by atoms with Gasteiger partial charge < -0.3 is 9.88 Å². The largest absolute Gasteiger partial charge is 0.353 e. The van der Waals surface area contributed by atoms with Crippen molar-refractivity contribution in [3.63, 3.8) is 0 Å². The number of halogens is 1. The molecular formula is C20H27ClN4OS. The van der Waals surface area contributed by atoms with E-state index in [0.717, 1.165) is 35.9 Å². The average molecular weight is 407 g/mol. The summed E-state index contributed by atoms with van der Waals surface area (Å²) in [4.78, 5) is 12.4. The van der Waals surface area contributed by atoms with Crippen LogP contribution in [-0.2, 0) is 11.3 Å². The van der Waals surface area contributed by atoms with Crippen LogP contribution in [0.25, 0.3) is 11.4 Å². The molecule has 1 amide bonds. The number of carbonyl (C=O) groups is 1. The lowest BCUT2D eigenvalue weighted by Crippen LogP contribution is -2.36. The SMILES string of the molecule is CCn1c(SCC(=O)NC2CCCCCCC2)nnc1-c1cccc(Cl)c1. The second-order valence-electron chi connectivity index (χ2n) is 6.96. The maximum atomic E-state index is 12.4. The summed E-state index contributed by atoms with van der Waals surface area (Å²) in [6, 6.07) is 7.92. The number of hydrogen-bond donors (Lipinski definition) is 1. The van der Waals surface area contributed by atoms with Crippen molar-refractivity contribution < 1.29 is 4.79 Å². The first-order chi connectivity index (χ1) is 13.2. The van der Waals surface area contributed by atoms with E-state index in [1.165, 1.54) is 43.9 Å². The summed E-state index contributed by atoms with van der Waals surface area (Å²) in [5.41, 5.74) is 0.933. The van der Waals surface area contributed by atoms with Crippen molar-refractivity contribution in [1.29, 1.82) is 0 Å². The highest BCUT2D eigenvalue weighted by atomic mass is 35.5. The number of aromatic nitrogens is 3. The smallest absolute Gasteiger partial charge is 0.230 e. The highest BCUT2D eigenvalue weighted by Gasteiger charge is 2.17. The lowest BCUT2D eigenvalue weighted by atomic mass is 9.97. The third-order valence-corrected chi connectivity index (χ3v) is 6.12. The highest BCUT2D eigenvalue weighted by Crippen LogP contribution is 2.26. The minimum Gasteiger partial charge on any atom is -0.353 e. The van der Waals surface area contributed by atoms with Crippen LogP contribution in [0.3, 0.4) is 0 Å². The number of thioether (sulfide) groups is 1. The van der Waals surface area contributed by atoms with Crippen molar-refractivity contribution in [2.24, 2.45) is 0 Å². The first-order valence-corrected chi connectivity index (χ1v) is 11.1. The van der Waals surface area contributed by atoms with E-state index in [1.807, 2.05) is 28.8 Å². The fourth-order valence-electron chi connectivity index (χ4n) is 3.52. The van der Waals surface area contributed by atoms with Crippen LogP contribution < -0.4 is 5.32 Å². The molecule has 146 valence electrons. The Labute approximate surface area is 170 Å². The Hall–Kier alpha value is -1.53. The standard InChI is InChI=1S/C20H27ClN4OS/c1-2-25-19(15-9-8-10-16(21)13-15)23-24-20(25)27-14-18(26)22-17-11-6-4-3-5-7-12-17/h8-10,13,17H,2-7,11-12,14H2,1H3,(H,22,26). The molecule has 0 saturated heterocycles. The summed E-state index contributed by atoms with van der Waals surface area (Å²) in [6.45, 7) is 2.79. The molecule has 27 heavy (non-hydrogen) atoms. The van der Waals surface area contributed by atoms with Crippen LogP contribution in [0.1, 0.15) is 51.9 Å². The number of amides is 1. The summed E-state index contributed by atoms with van der Waals surface area (Å²) in [5.74, 6) is 1.23. The molecule has 7 heteroatoms. The zero-order valence-electron chi connectivity index (χ0n) is 15.8. The van der Waals surface area contributed by atoms with Gasteiger partial charge in [0.1, 0.15) is 0 Å². The molecule has 0 bridgehead atoms. The molecular weight excluding hydrogens is 380 g/mol. The Morgan fingerprint density at radius 2 is 1.96 bits per heavy atom. The van der Waals surface area contributed by atoms with E-state index in [0.29, 0.717) is 16.8 Å². The van der Waals surface area contributed by atoms with Crippen LogP contribution in [0.15, 0.2) is 29.4 Å². The summed E-state index contributed by atoms with van der Waals surface area (Å²) in [6.07, 6.45) is 8.52. The van der Waals surface area contributed by atoms with E-state index in [9.17, 15) is 4.79 Å². The van der Waals surface area contributed by atoms with E-state index in [-0.39, 0.29) is 5.91 Å². The molecule has 1 heterocycles. The van der Waals surface area contributed by atoms with Gasteiger partial charge in [0.25, 0.3) is 0 Å². The molecule has 1 aliphatic carbocycles. The zero-order chi connectivity index (χ0) is 19.1. The predicted molar refractivity (Wildman–Crippen MR) is 111 cm³/mol. The molecule has 3 rings (SSSR count). The number of nitrogens with one attached hydrogen (secondary N) is 1. The molecule has 1 N–H and O–H groups in total. The molecule has 1 fully saturated rings. The molecule has 0 spiro atoms. The van der Waals surface area contributed by atoms with Crippen molar-refractivity contribution >= 4 is 29.3 Å². The van der Waals surface area contributed by atoms with Crippen molar-refractivity contribution in [2.75, 3.05) is 5.75 Å². The fraction of sp³-hybridized carbons (Fsp3) is 0.550. The lowest BCUT2D eigenvalue weighted by molar-refractivity contribution is -0.119. The molecule has 1 aromatic carbocycles. The molecule has 0 aliphatic heterocycles. The normalized spacial score (nSPS) is 15.9. The molecule has 1 saturated carbocycles. The zero-order valence-corrected chi connectivity index (χ0v) is 17.4. The Kier molecular flexibility index (Phi) is 7.59. The molecule has 2 aromatic rings. The van der Waals surface area contributed by atoms with Crippen LogP contribution in [0.4, 0.5) is 0 Å². The molecule has 0 atom stereocenters. The molecule has 1 aliphatic rings. The second kappa shape index (κ2) is 10.1. The topological polar surface area (TPSA) is 59.8 Å². The van der Waals surface area contributed by atoms with Crippen LogP contribution >= 0.6 is 23.4 Å². The monoisotopic (exact) mass is 406 g/mol. The first kappa shape index (κ1) is 20.2. The van der Waals surface area contributed by atoms with Gasteiger partial charge in [-0.2, -0.15) is 0 Å².